The van der Waals surface area contributed by atoms with Gasteiger partial charge in [0.15, 0.2) is 5.65 Å². The van der Waals surface area contributed by atoms with Crippen molar-refractivity contribution in [1.29, 1.82) is 0 Å². The fourth-order valence-electron chi connectivity index (χ4n) is 3.32. The molecule has 0 saturated carbocycles. The summed E-state index contributed by atoms with van der Waals surface area (Å²) in [5.41, 5.74) is 3.74. The zero-order valence-corrected chi connectivity index (χ0v) is 16.6. The monoisotopic (exact) mass is 399 g/mol. The number of rotatable bonds is 3. The number of amides is 1. The molecule has 28 heavy (non-hydrogen) atoms. The number of imidazole rings is 1. The van der Waals surface area contributed by atoms with E-state index in [0.717, 1.165) is 11.1 Å². The average Bonchev–Trinajstić information content (AvgIpc) is 3.12. The summed E-state index contributed by atoms with van der Waals surface area (Å²) >= 11 is 0. The van der Waals surface area contributed by atoms with E-state index in [4.69, 9.17) is 0 Å². The minimum atomic E-state index is -3.23. The molecule has 0 N–H and O–H groups in total. The van der Waals surface area contributed by atoms with E-state index in [1.165, 1.54) is 10.6 Å². The molecule has 4 rings (SSSR count). The van der Waals surface area contributed by atoms with Gasteiger partial charge in [0.05, 0.1) is 6.26 Å². The molecular weight excluding hydrogens is 378 g/mol. The third-order valence-electron chi connectivity index (χ3n) is 4.91. The van der Waals surface area contributed by atoms with Crippen LogP contribution in [0.25, 0.3) is 16.9 Å². The van der Waals surface area contributed by atoms with Crippen LogP contribution in [0.4, 0.5) is 0 Å². The summed E-state index contributed by atoms with van der Waals surface area (Å²) in [5.74, 6) is -0.202. The lowest BCUT2D eigenvalue weighted by Gasteiger charge is -2.32. The van der Waals surface area contributed by atoms with Crippen LogP contribution < -0.4 is 0 Å². The Kier molecular flexibility index (Phi) is 4.64. The van der Waals surface area contributed by atoms with Gasteiger partial charge in [-0.25, -0.2) is 13.4 Å². The van der Waals surface area contributed by atoms with Gasteiger partial charge >= 0.3 is 0 Å². The maximum Gasteiger partial charge on any atom is 0.274 e. The fourth-order valence-corrected chi connectivity index (χ4v) is 4.15. The Balaban J connectivity index is 1.61. The first-order chi connectivity index (χ1) is 13.3. The molecule has 8 nitrogen and oxygen atoms in total. The highest BCUT2D eigenvalue weighted by atomic mass is 32.2. The molecule has 1 aliphatic rings. The van der Waals surface area contributed by atoms with Gasteiger partial charge in [0, 0.05) is 50.3 Å². The molecule has 0 atom stereocenters. The highest BCUT2D eigenvalue weighted by Crippen LogP contribution is 2.22. The molecule has 3 aromatic rings. The van der Waals surface area contributed by atoms with E-state index < -0.39 is 10.0 Å². The second kappa shape index (κ2) is 6.99. The van der Waals surface area contributed by atoms with Gasteiger partial charge < -0.3 is 9.30 Å². The molecule has 0 bridgehead atoms. The fraction of sp³-hybridized carbons (Fsp3) is 0.316. The second-order valence-corrected chi connectivity index (χ2v) is 8.94. The van der Waals surface area contributed by atoms with Crippen LogP contribution in [0.1, 0.15) is 16.1 Å². The highest BCUT2D eigenvalue weighted by molar-refractivity contribution is 7.88. The van der Waals surface area contributed by atoms with E-state index in [0.29, 0.717) is 43.2 Å². The highest BCUT2D eigenvalue weighted by Gasteiger charge is 2.28. The average molecular weight is 399 g/mol. The topological polar surface area (TPSA) is 87.9 Å². The van der Waals surface area contributed by atoms with E-state index in [1.807, 2.05) is 31.2 Å². The van der Waals surface area contributed by atoms with Crippen LogP contribution in [0.3, 0.4) is 0 Å². The molecule has 1 fully saturated rings. The number of nitrogens with zero attached hydrogens (tertiary/aromatic N) is 5. The van der Waals surface area contributed by atoms with Crippen molar-refractivity contribution in [2.24, 2.45) is 0 Å². The third kappa shape index (κ3) is 3.50. The van der Waals surface area contributed by atoms with Crippen molar-refractivity contribution in [2.75, 3.05) is 32.4 Å². The summed E-state index contributed by atoms with van der Waals surface area (Å²) in [6.45, 7) is 3.32. The SMILES string of the molecule is Cc1ccc(-c2nccn3cc(C(=O)N4CCN(S(C)(=O)=O)CC4)nc23)cc1. The van der Waals surface area contributed by atoms with Crippen LogP contribution in [-0.2, 0) is 10.0 Å². The lowest BCUT2D eigenvalue weighted by Crippen LogP contribution is -2.50. The van der Waals surface area contributed by atoms with Gasteiger partial charge in [-0.1, -0.05) is 29.8 Å². The van der Waals surface area contributed by atoms with Crippen LogP contribution in [0.5, 0.6) is 0 Å². The Hall–Kier alpha value is -2.78. The van der Waals surface area contributed by atoms with E-state index in [1.54, 1.807) is 27.9 Å². The molecule has 9 heteroatoms. The molecule has 1 aliphatic heterocycles. The zero-order valence-electron chi connectivity index (χ0n) is 15.7. The van der Waals surface area contributed by atoms with Crippen LogP contribution in [-0.4, -0.2) is 70.3 Å². The number of benzene rings is 1. The Morgan fingerprint density at radius 2 is 1.75 bits per heavy atom. The van der Waals surface area contributed by atoms with E-state index in [2.05, 4.69) is 9.97 Å². The van der Waals surface area contributed by atoms with Crippen molar-refractivity contribution in [2.45, 2.75) is 6.92 Å². The summed E-state index contributed by atoms with van der Waals surface area (Å²) in [7, 11) is -3.23. The Morgan fingerprint density at radius 1 is 1.07 bits per heavy atom. The van der Waals surface area contributed by atoms with Crippen molar-refractivity contribution in [3.63, 3.8) is 0 Å². The smallest absolute Gasteiger partial charge is 0.274 e. The van der Waals surface area contributed by atoms with Gasteiger partial charge in [-0.05, 0) is 6.92 Å². The van der Waals surface area contributed by atoms with E-state index >= 15 is 0 Å². The number of hydrogen-bond donors (Lipinski definition) is 0. The lowest BCUT2D eigenvalue weighted by molar-refractivity contribution is 0.0693. The van der Waals surface area contributed by atoms with E-state index in [9.17, 15) is 13.2 Å². The maximum absolute atomic E-state index is 12.9. The second-order valence-electron chi connectivity index (χ2n) is 6.95. The van der Waals surface area contributed by atoms with E-state index in [-0.39, 0.29) is 5.91 Å². The quantitative estimate of drug-likeness (QED) is 0.665. The minimum Gasteiger partial charge on any atom is -0.335 e. The molecule has 1 saturated heterocycles. The summed E-state index contributed by atoms with van der Waals surface area (Å²) in [5, 5.41) is 0. The number of hydrogen-bond acceptors (Lipinski definition) is 5. The van der Waals surface area contributed by atoms with Crippen LogP contribution >= 0.6 is 0 Å². The summed E-state index contributed by atoms with van der Waals surface area (Å²) in [4.78, 5) is 23.5. The number of fused-ring (bicyclic) bond motifs is 1. The van der Waals surface area contributed by atoms with Crippen molar-refractivity contribution in [3.05, 3.63) is 54.1 Å². The van der Waals surface area contributed by atoms with Gasteiger partial charge in [-0.2, -0.15) is 4.31 Å². The number of sulfonamides is 1. The standard InChI is InChI=1S/C19H21N5O3S/c1-14-3-5-15(6-4-14)17-18-21-16(13-23(18)8-7-20-17)19(25)22-9-11-24(12-10-22)28(2,26)27/h3-8,13H,9-12H2,1-2H3. The minimum absolute atomic E-state index is 0.202. The molecule has 3 heterocycles. The first-order valence-corrected chi connectivity index (χ1v) is 10.8. The lowest BCUT2D eigenvalue weighted by atomic mass is 10.1. The van der Waals surface area contributed by atoms with Crippen LogP contribution in [0.2, 0.25) is 0 Å². The molecule has 0 unspecified atom stereocenters. The van der Waals surface area contributed by atoms with Crippen molar-refractivity contribution >= 4 is 21.6 Å². The molecule has 0 radical (unpaired) electrons. The predicted octanol–water partition coefficient (Wildman–Crippen LogP) is 1.42. The molecule has 1 amide bonds. The number of aromatic nitrogens is 3. The van der Waals surface area contributed by atoms with Gasteiger partial charge in [0.2, 0.25) is 10.0 Å². The Labute approximate surface area is 163 Å². The third-order valence-corrected chi connectivity index (χ3v) is 6.22. The molecule has 146 valence electrons. The predicted molar refractivity (Wildman–Crippen MR) is 105 cm³/mol. The normalized spacial score (nSPS) is 15.9. The molecule has 2 aromatic heterocycles. The molecule has 0 aliphatic carbocycles. The largest absolute Gasteiger partial charge is 0.335 e. The van der Waals surface area contributed by atoms with Gasteiger partial charge in [-0.3, -0.25) is 9.78 Å². The van der Waals surface area contributed by atoms with Crippen molar-refractivity contribution in [1.82, 2.24) is 23.6 Å². The summed E-state index contributed by atoms with van der Waals surface area (Å²) in [6.07, 6.45) is 6.33. The maximum atomic E-state index is 12.9. The number of piperazine rings is 1. The Bertz CT molecular complexity index is 1130. The Morgan fingerprint density at radius 3 is 2.39 bits per heavy atom. The number of carbonyl (C=O) groups excluding carboxylic acids is 1. The summed E-state index contributed by atoms with van der Waals surface area (Å²) in [6, 6.07) is 7.99. The first-order valence-electron chi connectivity index (χ1n) is 8.98. The van der Waals surface area contributed by atoms with Crippen molar-refractivity contribution < 1.29 is 13.2 Å². The van der Waals surface area contributed by atoms with Crippen LogP contribution in [0, 0.1) is 6.92 Å². The number of aryl methyl sites for hydroxylation is 1. The summed E-state index contributed by atoms with van der Waals surface area (Å²) < 4.78 is 26.5. The van der Waals surface area contributed by atoms with Crippen molar-refractivity contribution in [3.8, 4) is 11.3 Å². The molecule has 0 spiro atoms. The van der Waals surface area contributed by atoms with Crippen LogP contribution in [0.15, 0.2) is 42.9 Å². The van der Waals surface area contributed by atoms with Gasteiger partial charge in [0.25, 0.3) is 5.91 Å². The van der Waals surface area contributed by atoms with Gasteiger partial charge in [-0.15, -0.1) is 0 Å². The first kappa shape index (κ1) is 18.6. The molecular formula is C19H21N5O3S. The zero-order chi connectivity index (χ0) is 19.9. The number of carbonyl (C=O) groups is 1. The van der Waals surface area contributed by atoms with Gasteiger partial charge in [0.1, 0.15) is 11.4 Å². The molecule has 1 aromatic carbocycles.